The Hall–Kier alpha value is -1.78. The molecule has 1 aromatic carbocycles. The Balaban J connectivity index is 2.11. The second kappa shape index (κ2) is 5.07. The molecule has 2 aromatic heterocycles. The number of thiophene rings is 1. The molecule has 0 radical (unpaired) electrons. The molecular formula is C15H13FN2S. The first-order valence-electron chi connectivity index (χ1n) is 6.04. The summed E-state index contributed by atoms with van der Waals surface area (Å²) in [7, 11) is 1.89. The molecule has 1 atom stereocenters. The van der Waals surface area contributed by atoms with Crippen LogP contribution in [0.5, 0.6) is 0 Å². The molecule has 96 valence electrons. The van der Waals surface area contributed by atoms with Gasteiger partial charge in [-0.05, 0) is 41.6 Å². The van der Waals surface area contributed by atoms with Crippen LogP contribution in [0.3, 0.4) is 0 Å². The van der Waals surface area contributed by atoms with E-state index in [2.05, 4.69) is 33.9 Å². The van der Waals surface area contributed by atoms with E-state index in [0.717, 1.165) is 5.69 Å². The van der Waals surface area contributed by atoms with Crippen molar-refractivity contribution in [1.29, 1.82) is 0 Å². The van der Waals surface area contributed by atoms with E-state index in [9.17, 15) is 4.39 Å². The van der Waals surface area contributed by atoms with Crippen molar-refractivity contribution in [3.8, 4) is 0 Å². The van der Waals surface area contributed by atoms with Gasteiger partial charge < -0.3 is 5.32 Å². The number of benzene rings is 1. The average Bonchev–Trinajstić information content (AvgIpc) is 2.91. The molecule has 1 N–H and O–H groups in total. The zero-order chi connectivity index (χ0) is 13.2. The molecule has 2 nitrogen and oxygen atoms in total. The third-order valence-electron chi connectivity index (χ3n) is 3.16. The molecule has 1 unspecified atom stereocenters. The highest BCUT2D eigenvalue weighted by atomic mass is 32.1. The predicted octanol–water partition coefficient (Wildman–Crippen LogP) is 3.74. The summed E-state index contributed by atoms with van der Waals surface area (Å²) >= 11 is 1.71. The number of aromatic nitrogens is 1. The molecule has 0 saturated heterocycles. The monoisotopic (exact) mass is 272 g/mol. The smallest absolute Gasteiger partial charge is 0.141 e. The molecule has 0 aliphatic carbocycles. The molecule has 3 rings (SSSR count). The number of nitrogens with zero attached hydrogens (tertiary/aromatic N) is 1. The zero-order valence-corrected chi connectivity index (χ0v) is 11.2. The third kappa shape index (κ3) is 2.25. The van der Waals surface area contributed by atoms with Gasteiger partial charge in [-0.15, -0.1) is 11.3 Å². The Morgan fingerprint density at radius 1 is 1.21 bits per heavy atom. The first-order chi connectivity index (χ1) is 9.29. The molecule has 0 fully saturated rings. The largest absolute Gasteiger partial charge is 0.308 e. The summed E-state index contributed by atoms with van der Waals surface area (Å²) in [6.07, 6.45) is 1.26. The highest BCUT2D eigenvalue weighted by Crippen LogP contribution is 2.31. The molecule has 0 saturated carbocycles. The maximum atomic E-state index is 13.0. The van der Waals surface area contributed by atoms with Crippen molar-refractivity contribution >= 4 is 21.4 Å². The lowest BCUT2D eigenvalue weighted by molar-refractivity contribution is 0.610. The van der Waals surface area contributed by atoms with Gasteiger partial charge in [0.25, 0.3) is 0 Å². The van der Waals surface area contributed by atoms with Crippen molar-refractivity contribution in [1.82, 2.24) is 10.3 Å². The van der Waals surface area contributed by atoms with E-state index in [1.54, 1.807) is 17.4 Å². The van der Waals surface area contributed by atoms with Crippen LogP contribution >= 0.6 is 11.3 Å². The maximum absolute atomic E-state index is 13.0. The number of nitrogens with one attached hydrogen (secondary N) is 1. The fourth-order valence-electron chi connectivity index (χ4n) is 2.26. The van der Waals surface area contributed by atoms with E-state index in [-0.39, 0.29) is 11.9 Å². The third-order valence-corrected chi connectivity index (χ3v) is 4.13. The van der Waals surface area contributed by atoms with Gasteiger partial charge in [-0.25, -0.2) is 4.39 Å². The van der Waals surface area contributed by atoms with Crippen molar-refractivity contribution < 1.29 is 4.39 Å². The van der Waals surface area contributed by atoms with Crippen molar-refractivity contribution in [3.05, 3.63) is 65.0 Å². The zero-order valence-electron chi connectivity index (χ0n) is 10.4. The molecular weight excluding hydrogens is 259 g/mol. The average molecular weight is 272 g/mol. The van der Waals surface area contributed by atoms with E-state index in [4.69, 9.17) is 0 Å². The quantitative estimate of drug-likeness (QED) is 0.785. The van der Waals surface area contributed by atoms with Gasteiger partial charge in [-0.3, -0.25) is 4.98 Å². The molecule has 3 aromatic rings. The van der Waals surface area contributed by atoms with E-state index < -0.39 is 0 Å². The minimum absolute atomic E-state index is 0.0250. The van der Waals surface area contributed by atoms with E-state index in [1.807, 2.05) is 13.1 Å². The maximum Gasteiger partial charge on any atom is 0.141 e. The summed E-state index contributed by atoms with van der Waals surface area (Å²) in [5, 5.41) is 6.57. The van der Waals surface area contributed by atoms with Crippen LogP contribution in [-0.2, 0) is 0 Å². The summed E-state index contributed by atoms with van der Waals surface area (Å²) in [6, 6.07) is 11.5. The molecule has 19 heavy (non-hydrogen) atoms. The minimum Gasteiger partial charge on any atom is -0.308 e. The van der Waals surface area contributed by atoms with Gasteiger partial charge in [0.15, 0.2) is 0 Å². The Kier molecular flexibility index (Phi) is 3.27. The molecule has 0 aliphatic rings. The summed E-state index contributed by atoms with van der Waals surface area (Å²) in [6.45, 7) is 0. The summed E-state index contributed by atoms with van der Waals surface area (Å²) in [4.78, 5) is 4.18. The topological polar surface area (TPSA) is 24.9 Å². The lowest BCUT2D eigenvalue weighted by atomic mass is 10.0. The van der Waals surface area contributed by atoms with Crippen molar-refractivity contribution in [3.63, 3.8) is 0 Å². The van der Waals surface area contributed by atoms with Crippen LogP contribution in [0.1, 0.15) is 17.3 Å². The highest BCUT2D eigenvalue weighted by molar-refractivity contribution is 7.17. The number of hydrogen-bond acceptors (Lipinski definition) is 3. The van der Waals surface area contributed by atoms with Crippen LogP contribution < -0.4 is 5.32 Å². The number of pyridine rings is 1. The highest BCUT2D eigenvalue weighted by Gasteiger charge is 2.16. The standard InChI is InChI=1S/C15H13FN2S/c1-17-14(13-6-5-11(16)9-18-13)12-4-2-3-10-7-8-19-15(10)12/h2-9,14,17H,1H3. The van der Waals surface area contributed by atoms with Crippen LogP contribution in [-0.4, -0.2) is 12.0 Å². The lowest BCUT2D eigenvalue weighted by Crippen LogP contribution is -2.18. The predicted molar refractivity (Wildman–Crippen MR) is 76.9 cm³/mol. The number of fused-ring (bicyclic) bond motifs is 1. The SMILES string of the molecule is CNC(c1ccc(F)cn1)c1cccc2ccsc12. The van der Waals surface area contributed by atoms with Gasteiger partial charge in [-0.1, -0.05) is 18.2 Å². The number of hydrogen-bond donors (Lipinski definition) is 1. The van der Waals surface area contributed by atoms with Crippen molar-refractivity contribution in [2.75, 3.05) is 7.05 Å². The Labute approximate surface area is 114 Å². The van der Waals surface area contributed by atoms with Crippen LogP contribution in [0, 0.1) is 5.82 Å². The molecule has 4 heteroatoms. The molecule has 2 heterocycles. The minimum atomic E-state index is -0.312. The van der Waals surface area contributed by atoms with Crippen LogP contribution in [0.4, 0.5) is 4.39 Å². The summed E-state index contributed by atoms with van der Waals surface area (Å²) in [5.74, 6) is -0.312. The molecule has 0 bridgehead atoms. The second-order valence-electron chi connectivity index (χ2n) is 4.31. The van der Waals surface area contributed by atoms with Gasteiger partial charge in [0.2, 0.25) is 0 Å². The van der Waals surface area contributed by atoms with E-state index >= 15 is 0 Å². The number of halogens is 1. The van der Waals surface area contributed by atoms with Crippen molar-refractivity contribution in [2.45, 2.75) is 6.04 Å². The Morgan fingerprint density at radius 2 is 2.11 bits per heavy atom. The first kappa shape index (κ1) is 12.3. The van der Waals surface area contributed by atoms with Gasteiger partial charge >= 0.3 is 0 Å². The second-order valence-corrected chi connectivity index (χ2v) is 5.23. The van der Waals surface area contributed by atoms with Gasteiger partial charge in [-0.2, -0.15) is 0 Å². The molecule has 0 aliphatic heterocycles. The fraction of sp³-hybridized carbons (Fsp3) is 0.133. The van der Waals surface area contributed by atoms with Crippen LogP contribution in [0.15, 0.2) is 48.0 Å². The van der Waals surface area contributed by atoms with E-state index in [0.29, 0.717) is 0 Å². The van der Waals surface area contributed by atoms with Gasteiger partial charge in [0.1, 0.15) is 5.82 Å². The van der Waals surface area contributed by atoms with Crippen molar-refractivity contribution in [2.24, 2.45) is 0 Å². The lowest BCUT2D eigenvalue weighted by Gasteiger charge is -2.17. The summed E-state index contributed by atoms with van der Waals surface area (Å²) < 4.78 is 14.2. The van der Waals surface area contributed by atoms with Gasteiger partial charge in [0, 0.05) is 4.70 Å². The normalized spacial score (nSPS) is 12.7. The fourth-order valence-corrected chi connectivity index (χ4v) is 3.21. The van der Waals surface area contributed by atoms with Crippen LogP contribution in [0.2, 0.25) is 0 Å². The Bertz CT molecular complexity index is 691. The van der Waals surface area contributed by atoms with Gasteiger partial charge in [0.05, 0.1) is 17.9 Å². The molecule has 0 spiro atoms. The Morgan fingerprint density at radius 3 is 2.84 bits per heavy atom. The molecule has 0 amide bonds. The summed E-state index contributed by atoms with van der Waals surface area (Å²) in [5.41, 5.74) is 2.00. The van der Waals surface area contributed by atoms with E-state index in [1.165, 1.54) is 27.9 Å². The first-order valence-corrected chi connectivity index (χ1v) is 6.92. The van der Waals surface area contributed by atoms with Crippen LogP contribution in [0.25, 0.3) is 10.1 Å². The number of rotatable bonds is 3.